The first-order chi connectivity index (χ1) is 15.1. The molecule has 2 aromatic rings. The Morgan fingerprint density at radius 3 is 2.52 bits per heavy atom. The van der Waals surface area contributed by atoms with Crippen molar-refractivity contribution in [1.82, 2.24) is 4.90 Å². The molecule has 1 unspecified atom stereocenters. The zero-order valence-electron chi connectivity index (χ0n) is 18.6. The van der Waals surface area contributed by atoms with Gasteiger partial charge in [-0.25, -0.2) is 0 Å². The maximum absolute atomic E-state index is 12.7. The fourth-order valence-corrected chi connectivity index (χ4v) is 5.35. The molecule has 2 aromatic carbocycles. The van der Waals surface area contributed by atoms with Crippen molar-refractivity contribution in [1.29, 1.82) is 0 Å². The van der Waals surface area contributed by atoms with Crippen LogP contribution < -0.4 is 10.2 Å². The highest BCUT2D eigenvalue weighted by atomic mass is 35.5. The summed E-state index contributed by atoms with van der Waals surface area (Å²) in [6.07, 6.45) is 6.59. The topological polar surface area (TPSA) is 35.6 Å². The van der Waals surface area contributed by atoms with Crippen molar-refractivity contribution in [3.63, 3.8) is 0 Å². The van der Waals surface area contributed by atoms with Crippen LogP contribution in [0.1, 0.15) is 51.0 Å². The zero-order valence-corrected chi connectivity index (χ0v) is 19.3. The second kappa shape index (κ2) is 10.1. The van der Waals surface area contributed by atoms with E-state index in [2.05, 4.69) is 46.3 Å². The fraction of sp³-hybridized carbons (Fsp3) is 0.500. The smallest absolute Gasteiger partial charge is 0.235 e. The van der Waals surface area contributed by atoms with Gasteiger partial charge in [0.2, 0.25) is 5.91 Å². The molecule has 1 N–H and O–H groups in total. The number of piperazine rings is 1. The molecule has 5 heteroatoms. The van der Waals surface area contributed by atoms with Gasteiger partial charge in [0, 0.05) is 42.6 Å². The summed E-state index contributed by atoms with van der Waals surface area (Å²) in [7, 11) is 0. The number of unbranched alkanes of at least 4 members (excludes halogenated alkanes) is 3. The number of rotatable bonds is 9. The van der Waals surface area contributed by atoms with Crippen LogP contribution in [0.5, 0.6) is 0 Å². The number of carbonyl (C=O) groups is 1. The molecule has 0 saturated carbocycles. The van der Waals surface area contributed by atoms with Crippen molar-refractivity contribution in [2.24, 2.45) is 0 Å². The van der Waals surface area contributed by atoms with Gasteiger partial charge >= 0.3 is 0 Å². The van der Waals surface area contributed by atoms with Crippen molar-refractivity contribution in [3.05, 3.63) is 59.1 Å². The van der Waals surface area contributed by atoms with Gasteiger partial charge in [-0.3, -0.25) is 9.69 Å². The SMILES string of the molecule is CCC1(CCCCCCN2CCN(c3cccc(Cl)c3)CC2)C(=O)Nc2ccccc21. The Morgan fingerprint density at radius 2 is 1.74 bits per heavy atom. The van der Waals surface area contributed by atoms with Gasteiger partial charge < -0.3 is 10.2 Å². The number of amides is 1. The van der Waals surface area contributed by atoms with Gasteiger partial charge in [-0.05, 0) is 55.6 Å². The molecule has 0 aromatic heterocycles. The third-order valence-corrected chi connectivity index (χ3v) is 7.34. The van der Waals surface area contributed by atoms with E-state index in [0.29, 0.717) is 0 Å². The lowest BCUT2D eigenvalue weighted by molar-refractivity contribution is -0.121. The number of halogens is 1. The van der Waals surface area contributed by atoms with E-state index < -0.39 is 0 Å². The Hall–Kier alpha value is -2.04. The third kappa shape index (κ3) is 4.91. The van der Waals surface area contributed by atoms with Gasteiger partial charge in [-0.2, -0.15) is 0 Å². The van der Waals surface area contributed by atoms with Crippen molar-refractivity contribution < 1.29 is 4.79 Å². The van der Waals surface area contributed by atoms with E-state index in [4.69, 9.17) is 11.6 Å². The van der Waals surface area contributed by atoms with Crippen molar-refractivity contribution in [3.8, 4) is 0 Å². The number of para-hydroxylation sites is 1. The van der Waals surface area contributed by atoms with Crippen LogP contribution in [-0.2, 0) is 10.2 Å². The summed E-state index contributed by atoms with van der Waals surface area (Å²) in [6.45, 7) is 7.67. The monoisotopic (exact) mass is 439 g/mol. The van der Waals surface area contributed by atoms with E-state index in [9.17, 15) is 4.79 Å². The zero-order chi connectivity index (χ0) is 21.7. The Bertz CT molecular complexity index is 894. The molecule has 31 heavy (non-hydrogen) atoms. The Balaban J connectivity index is 1.16. The third-order valence-electron chi connectivity index (χ3n) is 7.10. The average molecular weight is 440 g/mol. The molecule has 1 fully saturated rings. The first-order valence-corrected chi connectivity index (χ1v) is 12.1. The molecule has 1 saturated heterocycles. The largest absolute Gasteiger partial charge is 0.369 e. The minimum absolute atomic E-state index is 0.189. The molecular weight excluding hydrogens is 406 g/mol. The molecule has 2 aliphatic rings. The van der Waals surface area contributed by atoms with Crippen LogP contribution in [0.25, 0.3) is 0 Å². The number of hydrogen-bond acceptors (Lipinski definition) is 3. The maximum Gasteiger partial charge on any atom is 0.235 e. The minimum atomic E-state index is -0.326. The van der Waals surface area contributed by atoms with Gasteiger partial charge in [0.1, 0.15) is 0 Å². The summed E-state index contributed by atoms with van der Waals surface area (Å²) in [5.74, 6) is 0.189. The Labute approximate surface area is 191 Å². The quantitative estimate of drug-likeness (QED) is 0.508. The molecule has 2 heterocycles. The highest BCUT2D eigenvalue weighted by molar-refractivity contribution is 6.30. The maximum atomic E-state index is 12.7. The molecule has 4 nitrogen and oxygen atoms in total. The van der Waals surface area contributed by atoms with Crippen molar-refractivity contribution >= 4 is 28.9 Å². The summed E-state index contributed by atoms with van der Waals surface area (Å²) in [5, 5.41) is 3.90. The van der Waals surface area contributed by atoms with Gasteiger partial charge in [-0.15, -0.1) is 0 Å². The van der Waals surface area contributed by atoms with Gasteiger partial charge in [-0.1, -0.05) is 62.1 Å². The second-order valence-corrected chi connectivity index (χ2v) is 9.34. The summed E-state index contributed by atoms with van der Waals surface area (Å²) in [4.78, 5) is 17.7. The second-order valence-electron chi connectivity index (χ2n) is 8.91. The molecule has 1 amide bonds. The van der Waals surface area contributed by atoms with Crippen LogP contribution in [0, 0.1) is 0 Å². The molecule has 2 aliphatic heterocycles. The van der Waals surface area contributed by atoms with Crippen molar-refractivity contribution in [2.75, 3.05) is 42.9 Å². The van der Waals surface area contributed by atoms with Crippen LogP contribution in [0.15, 0.2) is 48.5 Å². The highest BCUT2D eigenvalue weighted by Gasteiger charge is 2.44. The number of nitrogens with one attached hydrogen (secondary N) is 1. The fourth-order valence-electron chi connectivity index (χ4n) is 5.17. The summed E-state index contributed by atoms with van der Waals surface area (Å²) in [5.41, 5.74) is 3.11. The predicted molar refractivity (Wildman–Crippen MR) is 130 cm³/mol. The lowest BCUT2D eigenvalue weighted by Gasteiger charge is -2.36. The standard InChI is InChI=1S/C26H34ClN3O/c1-2-26(23-12-5-6-13-24(23)28-25(26)31)14-7-3-4-8-15-29-16-18-30(19-17-29)22-11-9-10-21(27)20-22/h5-6,9-13,20H,2-4,7-8,14-19H2,1H3,(H,28,31). The molecule has 0 spiro atoms. The lowest BCUT2D eigenvalue weighted by atomic mass is 9.75. The number of carbonyl (C=O) groups excluding carboxylic acids is 1. The molecule has 0 bridgehead atoms. The lowest BCUT2D eigenvalue weighted by Crippen LogP contribution is -2.46. The van der Waals surface area contributed by atoms with E-state index in [-0.39, 0.29) is 11.3 Å². The minimum Gasteiger partial charge on any atom is -0.369 e. The summed E-state index contributed by atoms with van der Waals surface area (Å²) in [6, 6.07) is 16.4. The molecule has 0 radical (unpaired) electrons. The van der Waals surface area contributed by atoms with Gasteiger partial charge in [0.05, 0.1) is 5.41 Å². The summed E-state index contributed by atoms with van der Waals surface area (Å²) < 4.78 is 0. The van der Waals surface area contributed by atoms with Gasteiger partial charge in [0.15, 0.2) is 0 Å². The number of fused-ring (bicyclic) bond motifs is 1. The molecular formula is C26H34ClN3O. The van der Waals surface area contributed by atoms with E-state index >= 15 is 0 Å². The molecule has 0 aliphatic carbocycles. The number of nitrogens with zero attached hydrogens (tertiary/aromatic N) is 2. The highest BCUT2D eigenvalue weighted by Crippen LogP contribution is 2.43. The van der Waals surface area contributed by atoms with Crippen LogP contribution >= 0.6 is 11.6 Å². The van der Waals surface area contributed by atoms with Gasteiger partial charge in [0.25, 0.3) is 0 Å². The van der Waals surface area contributed by atoms with Crippen LogP contribution in [0.4, 0.5) is 11.4 Å². The van der Waals surface area contributed by atoms with E-state index in [0.717, 1.165) is 56.2 Å². The Kier molecular flexibility index (Phi) is 7.19. The number of benzene rings is 2. The van der Waals surface area contributed by atoms with Crippen LogP contribution in [0.2, 0.25) is 5.02 Å². The van der Waals surface area contributed by atoms with E-state index in [1.54, 1.807) is 0 Å². The molecule has 1 atom stereocenters. The first-order valence-electron chi connectivity index (χ1n) is 11.8. The number of anilines is 2. The Morgan fingerprint density at radius 1 is 0.968 bits per heavy atom. The van der Waals surface area contributed by atoms with E-state index in [1.165, 1.54) is 37.1 Å². The van der Waals surface area contributed by atoms with Crippen LogP contribution in [0.3, 0.4) is 0 Å². The molecule has 4 rings (SSSR count). The van der Waals surface area contributed by atoms with Crippen LogP contribution in [-0.4, -0.2) is 43.5 Å². The predicted octanol–water partition coefficient (Wildman–Crippen LogP) is 5.71. The van der Waals surface area contributed by atoms with E-state index in [1.807, 2.05) is 24.3 Å². The van der Waals surface area contributed by atoms with Crippen molar-refractivity contribution in [2.45, 2.75) is 50.9 Å². The first kappa shape index (κ1) is 22.2. The number of hydrogen-bond donors (Lipinski definition) is 1. The normalized spacial score (nSPS) is 21.2. The molecule has 166 valence electrons. The average Bonchev–Trinajstić information content (AvgIpc) is 3.08. The summed E-state index contributed by atoms with van der Waals surface area (Å²) >= 11 is 6.14.